The van der Waals surface area contributed by atoms with Gasteiger partial charge in [0.15, 0.2) is 5.70 Å². The Hall–Kier alpha value is -1.92. The molecule has 0 saturated heterocycles. The van der Waals surface area contributed by atoms with E-state index in [0.29, 0.717) is 5.56 Å². The minimum absolute atomic E-state index is 0.0267. The topological polar surface area (TPSA) is 76.7 Å². The summed E-state index contributed by atoms with van der Waals surface area (Å²) in [6.07, 6.45) is 1.35. The molecule has 3 N–H and O–H groups in total. The van der Waals surface area contributed by atoms with Crippen LogP contribution in [0, 0.1) is 5.82 Å². The first-order chi connectivity index (χ1) is 8.98. The van der Waals surface area contributed by atoms with Gasteiger partial charge in [-0.1, -0.05) is 23.7 Å². The number of benzene rings is 1. The van der Waals surface area contributed by atoms with Crippen molar-refractivity contribution in [3.05, 3.63) is 46.5 Å². The molecule has 1 aliphatic rings. The Bertz CT molecular complexity index is 571. The van der Waals surface area contributed by atoms with Gasteiger partial charge in [-0.3, -0.25) is 4.79 Å². The van der Waals surface area contributed by atoms with E-state index in [-0.39, 0.29) is 16.7 Å². The average Bonchev–Trinajstić information content (AvgIpc) is 2.38. The van der Waals surface area contributed by atoms with E-state index in [4.69, 9.17) is 22.1 Å². The van der Waals surface area contributed by atoms with Crippen molar-refractivity contribution < 1.29 is 13.9 Å². The lowest BCUT2D eigenvalue weighted by Crippen LogP contribution is -2.47. The summed E-state index contributed by atoms with van der Waals surface area (Å²) in [6, 6.07) is 5.62. The molecular formula is C12H11ClFN3O2. The van der Waals surface area contributed by atoms with Crippen molar-refractivity contribution >= 4 is 23.7 Å². The molecule has 0 spiro atoms. The molecule has 19 heavy (non-hydrogen) atoms. The average molecular weight is 284 g/mol. The number of nitrogens with zero attached hydrogens (tertiary/aromatic N) is 1. The second kappa shape index (κ2) is 4.99. The van der Waals surface area contributed by atoms with Gasteiger partial charge in [-0.05, 0) is 12.1 Å². The summed E-state index contributed by atoms with van der Waals surface area (Å²) in [6.45, 7) is 0. The van der Waals surface area contributed by atoms with Crippen LogP contribution < -0.4 is 11.1 Å². The SMILES string of the molecule is COC1(c2ccc(F)cc2)C=NC(C(N)=O)=C(Cl)N1. The van der Waals surface area contributed by atoms with Crippen LogP contribution in [0.2, 0.25) is 0 Å². The molecule has 1 amide bonds. The van der Waals surface area contributed by atoms with Crippen LogP contribution in [0.15, 0.2) is 40.1 Å². The first kappa shape index (κ1) is 13.5. The lowest BCUT2D eigenvalue weighted by atomic mass is 10.0. The van der Waals surface area contributed by atoms with Gasteiger partial charge < -0.3 is 15.8 Å². The van der Waals surface area contributed by atoms with Gasteiger partial charge in [-0.2, -0.15) is 0 Å². The number of methoxy groups -OCH3 is 1. The number of nitrogens with one attached hydrogen (secondary N) is 1. The van der Waals surface area contributed by atoms with Gasteiger partial charge in [-0.25, -0.2) is 9.38 Å². The van der Waals surface area contributed by atoms with Crippen molar-refractivity contribution in [2.45, 2.75) is 5.72 Å². The van der Waals surface area contributed by atoms with Crippen molar-refractivity contribution in [3.63, 3.8) is 0 Å². The molecule has 7 heteroatoms. The number of rotatable bonds is 3. The summed E-state index contributed by atoms with van der Waals surface area (Å²) >= 11 is 5.92. The van der Waals surface area contributed by atoms with Crippen LogP contribution in [0.1, 0.15) is 5.56 Å². The van der Waals surface area contributed by atoms with Crippen LogP contribution in [0.4, 0.5) is 4.39 Å². The highest BCUT2D eigenvalue weighted by Crippen LogP contribution is 2.27. The molecule has 0 aliphatic carbocycles. The number of carbonyl (C=O) groups excluding carboxylic acids is 1. The standard InChI is InChI=1S/C12H11ClFN3O2/c1-19-12(7-2-4-8(14)5-3-7)6-16-9(11(15)18)10(13)17-12/h2-6,17H,1H3,(H2,15,18). The lowest BCUT2D eigenvalue weighted by Gasteiger charge is -2.33. The Morgan fingerprint density at radius 3 is 2.58 bits per heavy atom. The summed E-state index contributed by atoms with van der Waals surface area (Å²) in [7, 11) is 1.43. The molecule has 0 bridgehead atoms. The van der Waals surface area contributed by atoms with Crippen LogP contribution in [-0.2, 0) is 15.3 Å². The summed E-state index contributed by atoms with van der Waals surface area (Å²) in [5.41, 5.74) is 4.46. The number of halogens is 2. The fraction of sp³-hybridized carbons (Fsp3) is 0.167. The molecule has 0 aromatic heterocycles. The first-order valence-electron chi connectivity index (χ1n) is 5.32. The number of hydrogen-bond acceptors (Lipinski definition) is 4. The van der Waals surface area contributed by atoms with E-state index in [1.807, 2.05) is 0 Å². The molecule has 100 valence electrons. The Balaban J connectivity index is 2.41. The number of hydrogen-bond donors (Lipinski definition) is 2. The molecule has 0 saturated carbocycles. The van der Waals surface area contributed by atoms with E-state index < -0.39 is 11.6 Å². The number of aliphatic imine (C=N–C) groups is 1. The van der Waals surface area contributed by atoms with Gasteiger partial charge in [0.1, 0.15) is 11.0 Å². The van der Waals surface area contributed by atoms with Crippen molar-refractivity contribution in [1.82, 2.24) is 5.32 Å². The Labute approximate surface area is 113 Å². The summed E-state index contributed by atoms with van der Waals surface area (Å²) < 4.78 is 18.3. The number of nitrogens with two attached hydrogens (primary N) is 1. The number of carbonyl (C=O) groups is 1. The van der Waals surface area contributed by atoms with Crippen LogP contribution >= 0.6 is 11.6 Å². The van der Waals surface area contributed by atoms with Crippen LogP contribution in [0.5, 0.6) is 0 Å². The molecule has 1 atom stereocenters. The maximum Gasteiger partial charge on any atom is 0.270 e. The van der Waals surface area contributed by atoms with Crippen LogP contribution in [0.25, 0.3) is 0 Å². The normalized spacial score (nSPS) is 22.3. The van der Waals surface area contributed by atoms with E-state index in [1.54, 1.807) is 0 Å². The summed E-state index contributed by atoms with van der Waals surface area (Å²) in [4.78, 5) is 15.0. The Morgan fingerprint density at radius 1 is 1.47 bits per heavy atom. The maximum atomic E-state index is 12.9. The van der Waals surface area contributed by atoms with Crippen LogP contribution in [-0.4, -0.2) is 19.2 Å². The van der Waals surface area contributed by atoms with E-state index in [0.717, 1.165) is 0 Å². The molecule has 0 fully saturated rings. The van der Waals surface area contributed by atoms with Crippen molar-refractivity contribution in [3.8, 4) is 0 Å². The zero-order valence-corrected chi connectivity index (χ0v) is 10.7. The lowest BCUT2D eigenvalue weighted by molar-refractivity contribution is -0.114. The molecule has 1 aliphatic heterocycles. The van der Waals surface area contributed by atoms with Crippen molar-refractivity contribution in [1.29, 1.82) is 0 Å². The van der Waals surface area contributed by atoms with E-state index in [9.17, 15) is 9.18 Å². The van der Waals surface area contributed by atoms with E-state index in [2.05, 4.69) is 10.3 Å². The zero-order chi connectivity index (χ0) is 14.0. The molecule has 2 rings (SSSR count). The molecule has 1 aromatic rings. The largest absolute Gasteiger partial charge is 0.364 e. The van der Waals surface area contributed by atoms with E-state index >= 15 is 0 Å². The molecule has 5 nitrogen and oxygen atoms in total. The molecule has 0 radical (unpaired) electrons. The highest BCUT2D eigenvalue weighted by molar-refractivity contribution is 6.32. The summed E-state index contributed by atoms with van der Waals surface area (Å²) in [5.74, 6) is -1.13. The minimum Gasteiger partial charge on any atom is -0.364 e. The molecule has 1 heterocycles. The zero-order valence-electron chi connectivity index (χ0n) is 9.98. The predicted molar refractivity (Wildman–Crippen MR) is 68.8 cm³/mol. The van der Waals surface area contributed by atoms with Gasteiger partial charge >= 0.3 is 0 Å². The molecule has 1 unspecified atom stereocenters. The minimum atomic E-state index is -1.16. The fourth-order valence-electron chi connectivity index (χ4n) is 1.70. The third kappa shape index (κ3) is 2.45. The van der Waals surface area contributed by atoms with Gasteiger partial charge in [0.05, 0.1) is 6.21 Å². The summed E-state index contributed by atoms with van der Waals surface area (Å²) in [5, 5.41) is 2.77. The van der Waals surface area contributed by atoms with Gasteiger partial charge in [0.25, 0.3) is 5.91 Å². The third-order valence-corrected chi connectivity index (χ3v) is 2.98. The maximum absolute atomic E-state index is 12.9. The van der Waals surface area contributed by atoms with Crippen molar-refractivity contribution in [2.24, 2.45) is 10.7 Å². The highest BCUT2D eigenvalue weighted by Gasteiger charge is 2.35. The Morgan fingerprint density at radius 2 is 2.11 bits per heavy atom. The van der Waals surface area contributed by atoms with Gasteiger partial charge in [0.2, 0.25) is 5.72 Å². The predicted octanol–water partition coefficient (Wildman–Crippen LogP) is 1.19. The second-order valence-corrected chi connectivity index (χ2v) is 4.23. The number of amides is 1. The quantitative estimate of drug-likeness (QED) is 0.818. The fourth-order valence-corrected chi connectivity index (χ4v) is 1.99. The second-order valence-electron chi connectivity index (χ2n) is 3.86. The molecule has 1 aromatic carbocycles. The number of primary amides is 1. The monoisotopic (exact) mass is 283 g/mol. The highest BCUT2D eigenvalue weighted by atomic mass is 35.5. The smallest absolute Gasteiger partial charge is 0.270 e. The van der Waals surface area contributed by atoms with Gasteiger partial charge in [-0.15, -0.1) is 0 Å². The van der Waals surface area contributed by atoms with Gasteiger partial charge in [0, 0.05) is 12.7 Å². The van der Waals surface area contributed by atoms with E-state index in [1.165, 1.54) is 37.6 Å². The van der Waals surface area contributed by atoms with Crippen LogP contribution in [0.3, 0.4) is 0 Å². The Kier molecular flexibility index (Phi) is 3.55. The molecular weight excluding hydrogens is 273 g/mol. The first-order valence-corrected chi connectivity index (χ1v) is 5.70. The third-order valence-electron chi connectivity index (χ3n) is 2.71. The van der Waals surface area contributed by atoms with Crippen molar-refractivity contribution in [2.75, 3.05) is 7.11 Å². The number of ether oxygens (including phenoxy) is 1.